The molecular weight excluding hydrogens is 225 g/mol. The molecule has 0 saturated carbocycles. The number of halogens is 1. The Morgan fingerprint density at radius 3 is 3.00 bits per heavy atom. The third kappa shape index (κ3) is 2.50. The van der Waals surface area contributed by atoms with E-state index in [0.717, 1.165) is 13.0 Å². The summed E-state index contributed by atoms with van der Waals surface area (Å²) in [7, 11) is 0. The van der Waals surface area contributed by atoms with Crippen LogP contribution in [-0.2, 0) is 10.5 Å². The highest BCUT2D eigenvalue weighted by atomic mass is 32.2. The number of nitrogen functional groups attached to an aromatic ring is 1. The third-order valence-electron chi connectivity index (χ3n) is 2.90. The van der Waals surface area contributed by atoms with E-state index in [2.05, 4.69) is 6.92 Å². The number of hydrogen-bond acceptors (Lipinski definition) is 3. The summed E-state index contributed by atoms with van der Waals surface area (Å²) in [4.78, 5) is 0. The Balaban J connectivity index is 1.99. The van der Waals surface area contributed by atoms with Gasteiger partial charge in [-0.25, -0.2) is 4.39 Å². The highest BCUT2D eigenvalue weighted by Gasteiger charge is 2.24. The highest BCUT2D eigenvalue weighted by Crippen LogP contribution is 2.31. The van der Waals surface area contributed by atoms with E-state index in [4.69, 9.17) is 10.5 Å². The average molecular weight is 241 g/mol. The van der Waals surface area contributed by atoms with Crippen LogP contribution in [0.15, 0.2) is 18.2 Å². The van der Waals surface area contributed by atoms with Crippen LogP contribution in [0.25, 0.3) is 0 Å². The summed E-state index contributed by atoms with van der Waals surface area (Å²) in [6.07, 6.45) is 1.30. The molecule has 1 aromatic rings. The number of nitrogens with two attached hydrogens (primary N) is 1. The van der Waals surface area contributed by atoms with Crippen LogP contribution in [0.1, 0.15) is 18.9 Å². The van der Waals surface area contributed by atoms with Gasteiger partial charge in [-0.15, -0.1) is 0 Å². The monoisotopic (exact) mass is 241 g/mol. The minimum Gasteiger partial charge on any atom is -0.398 e. The number of rotatable bonds is 3. The van der Waals surface area contributed by atoms with Gasteiger partial charge in [-0.2, -0.15) is 11.8 Å². The van der Waals surface area contributed by atoms with E-state index in [0.29, 0.717) is 22.3 Å². The summed E-state index contributed by atoms with van der Waals surface area (Å²) < 4.78 is 19.0. The molecule has 0 spiro atoms. The van der Waals surface area contributed by atoms with Crippen LogP contribution in [0.4, 0.5) is 10.1 Å². The van der Waals surface area contributed by atoms with Crippen molar-refractivity contribution in [1.82, 2.24) is 0 Å². The minimum absolute atomic E-state index is 0.209. The van der Waals surface area contributed by atoms with Crippen LogP contribution in [0.3, 0.4) is 0 Å². The molecule has 0 amide bonds. The van der Waals surface area contributed by atoms with Crippen LogP contribution in [0.2, 0.25) is 0 Å². The zero-order valence-corrected chi connectivity index (χ0v) is 10.1. The molecule has 2 N–H and O–H groups in total. The van der Waals surface area contributed by atoms with Crippen LogP contribution >= 0.6 is 11.8 Å². The summed E-state index contributed by atoms with van der Waals surface area (Å²) >= 11 is 1.73. The Labute approximate surface area is 99.4 Å². The second-order valence-corrected chi connectivity index (χ2v) is 5.25. The molecule has 2 rings (SSSR count). The zero-order chi connectivity index (χ0) is 11.5. The third-order valence-corrected chi connectivity index (χ3v) is 4.41. The van der Waals surface area contributed by atoms with Crippen molar-refractivity contribution in [2.24, 2.45) is 0 Å². The first-order chi connectivity index (χ1) is 7.68. The summed E-state index contributed by atoms with van der Waals surface area (Å²) in [5.74, 6) is 0.413. The fourth-order valence-corrected chi connectivity index (χ4v) is 3.15. The molecular formula is C12H16FNOS. The summed E-state index contributed by atoms with van der Waals surface area (Å²) in [5, 5.41) is 0.457. The Morgan fingerprint density at radius 1 is 1.56 bits per heavy atom. The van der Waals surface area contributed by atoms with Gasteiger partial charge in [0, 0.05) is 28.9 Å². The Hall–Kier alpha value is -0.740. The van der Waals surface area contributed by atoms with Gasteiger partial charge in [-0.1, -0.05) is 6.07 Å². The number of anilines is 1. The summed E-state index contributed by atoms with van der Waals surface area (Å²) in [6, 6.07) is 4.84. The second-order valence-electron chi connectivity index (χ2n) is 4.02. The molecule has 1 saturated heterocycles. The fourth-order valence-electron chi connectivity index (χ4n) is 1.85. The van der Waals surface area contributed by atoms with Crippen molar-refractivity contribution in [3.63, 3.8) is 0 Å². The van der Waals surface area contributed by atoms with Crippen molar-refractivity contribution in [3.8, 4) is 0 Å². The molecule has 1 fully saturated rings. The van der Waals surface area contributed by atoms with Gasteiger partial charge in [-0.05, 0) is 25.5 Å². The van der Waals surface area contributed by atoms with Gasteiger partial charge >= 0.3 is 0 Å². The first-order valence-electron chi connectivity index (χ1n) is 5.44. The van der Waals surface area contributed by atoms with Crippen molar-refractivity contribution in [2.75, 3.05) is 12.3 Å². The van der Waals surface area contributed by atoms with Gasteiger partial charge in [0.2, 0.25) is 0 Å². The Bertz CT molecular complexity index is 352. The fraction of sp³-hybridized carbons (Fsp3) is 0.500. The predicted molar refractivity (Wildman–Crippen MR) is 65.9 cm³/mol. The molecule has 2 unspecified atom stereocenters. The molecule has 0 aliphatic carbocycles. The molecule has 1 aliphatic heterocycles. The molecule has 4 heteroatoms. The van der Waals surface area contributed by atoms with Crippen LogP contribution in [-0.4, -0.2) is 18.0 Å². The maximum Gasteiger partial charge on any atom is 0.129 e. The molecule has 0 radical (unpaired) electrons. The van der Waals surface area contributed by atoms with Crippen molar-refractivity contribution in [3.05, 3.63) is 29.6 Å². The SMILES string of the molecule is CC1OCCC1SCc1c(N)cccc1F. The van der Waals surface area contributed by atoms with Gasteiger partial charge in [0.25, 0.3) is 0 Å². The van der Waals surface area contributed by atoms with Gasteiger partial charge in [0.05, 0.1) is 6.10 Å². The van der Waals surface area contributed by atoms with Gasteiger partial charge < -0.3 is 10.5 Å². The standard InChI is InChI=1S/C12H16FNOS/c1-8-12(5-6-15-8)16-7-9-10(13)3-2-4-11(9)14/h2-4,8,12H,5-7,14H2,1H3. The topological polar surface area (TPSA) is 35.2 Å². The normalized spacial score (nSPS) is 24.9. The molecule has 1 heterocycles. The zero-order valence-electron chi connectivity index (χ0n) is 9.28. The van der Waals surface area contributed by atoms with Gasteiger partial charge in [0.15, 0.2) is 0 Å². The quantitative estimate of drug-likeness (QED) is 0.826. The maximum atomic E-state index is 13.5. The van der Waals surface area contributed by atoms with Crippen LogP contribution in [0.5, 0.6) is 0 Å². The first-order valence-corrected chi connectivity index (χ1v) is 6.49. The molecule has 0 bridgehead atoms. The molecule has 2 atom stereocenters. The van der Waals surface area contributed by atoms with Crippen LogP contribution < -0.4 is 5.73 Å². The van der Waals surface area contributed by atoms with E-state index in [-0.39, 0.29) is 11.9 Å². The van der Waals surface area contributed by atoms with Crippen molar-refractivity contribution < 1.29 is 9.13 Å². The second kappa shape index (κ2) is 5.06. The largest absolute Gasteiger partial charge is 0.398 e. The Kier molecular flexibility index (Phi) is 3.71. The van der Waals surface area contributed by atoms with Crippen molar-refractivity contribution >= 4 is 17.4 Å². The minimum atomic E-state index is -0.209. The molecule has 1 aromatic carbocycles. The lowest BCUT2D eigenvalue weighted by atomic mass is 10.2. The lowest BCUT2D eigenvalue weighted by Crippen LogP contribution is -2.13. The molecule has 88 valence electrons. The van der Waals surface area contributed by atoms with Crippen LogP contribution in [0, 0.1) is 5.82 Å². The summed E-state index contributed by atoms with van der Waals surface area (Å²) in [6.45, 7) is 2.88. The number of thioether (sulfide) groups is 1. The smallest absolute Gasteiger partial charge is 0.129 e. The predicted octanol–water partition coefficient (Wildman–Crippen LogP) is 2.82. The molecule has 1 aliphatic rings. The number of ether oxygens (including phenoxy) is 1. The lowest BCUT2D eigenvalue weighted by molar-refractivity contribution is 0.127. The van der Waals surface area contributed by atoms with E-state index >= 15 is 0 Å². The Morgan fingerprint density at radius 2 is 2.38 bits per heavy atom. The number of hydrogen-bond donors (Lipinski definition) is 1. The van der Waals surface area contributed by atoms with E-state index < -0.39 is 0 Å². The molecule has 2 nitrogen and oxygen atoms in total. The van der Waals surface area contributed by atoms with Crippen molar-refractivity contribution in [2.45, 2.75) is 30.5 Å². The average Bonchev–Trinajstić information content (AvgIpc) is 2.64. The molecule has 16 heavy (non-hydrogen) atoms. The first kappa shape index (κ1) is 11.7. The number of benzene rings is 1. The molecule has 0 aromatic heterocycles. The van der Waals surface area contributed by atoms with Crippen molar-refractivity contribution in [1.29, 1.82) is 0 Å². The van der Waals surface area contributed by atoms with E-state index in [1.54, 1.807) is 23.9 Å². The summed E-state index contributed by atoms with van der Waals surface area (Å²) in [5.41, 5.74) is 6.91. The maximum absolute atomic E-state index is 13.5. The van der Waals surface area contributed by atoms with E-state index in [1.165, 1.54) is 6.07 Å². The van der Waals surface area contributed by atoms with E-state index in [1.807, 2.05) is 0 Å². The van der Waals surface area contributed by atoms with E-state index in [9.17, 15) is 4.39 Å². The lowest BCUT2D eigenvalue weighted by Gasteiger charge is -2.14. The van der Waals surface area contributed by atoms with Gasteiger partial charge in [-0.3, -0.25) is 0 Å². The highest BCUT2D eigenvalue weighted by molar-refractivity contribution is 7.99. The van der Waals surface area contributed by atoms with Gasteiger partial charge in [0.1, 0.15) is 5.82 Å².